The largest absolute Gasteiger partial charge is 0.457 e. The van der Waals surface area contributed by atoms with Crippen LogP contribution in [0.25, 0.3) is 0 Å². The fourth-order valence-electron chi connectivity index (χ4n) is 1.48. The normalized spacial score (nSPS) is 10.4. The molecule has 0 bridgehead atoms. The van der Waals surface area contributed by atoms with Gasteiger partial charge in [-0.25, -0.2) is 0 Å². The molecule has 1 nitrogen and oxygen atoms in total. The molecule has 0 saturated heterocycles. The van der Waals surface area contributed by atoms with Crippen molar-refractivity contribution >= 4 is 39.3 Å². The molecule has 94 valence electrons. The van der Waals surface area contributed by atoms with E-state index in [9.17, 15) is 0 Å². The third-order valence-electron chi connectivity index (χ3n) is 2.46. The molecule has 0 aliphatic heterocycles. The van der Waals surface area contributed by atoms with Crippen molar-refractivity contribution in [3.8, 4) is 11.5 Å². The van der Waals surface area contributed by atoms with Crippen LogP contribution in [0.5, 0.6) is 11.5 Å². The first-order valence-electron chi connectivity index (χ1n) is 5.39. The molecule has 0 fully saturated rings. The van der Waals surface area contributed by atoms with Crippen LogP contribution in [0, 0.1) is 0 Å². The van der Waals surface area contributed by atoms with Gasteiger partial charge in [0.25, 0.3) is 0 Å². The van der Waals surface area contributed by atoms with E-state index in [0.717, 1.165) is 22.4 Å². The Balaban J connectivity index is 2.15. The van der Waals surface area contributed by atoms with Crippen LogP contribution in [0.15, 0.2) is 47.4 Å². The molecular formula is C14H12BrClOS. The highest BCUT2D eigenvalue weighted by molar-refractivity contribution is 9.08. The van der Waals surface area contributed by atoms with Gasteiger partial charge in [-0.3, -0.25) is 0 Å². The number of hydrogen-bond donors (Lipinski definition) is 0. The summed E-state index contributed by atoms with van der Waals surface area (Å²) in [6, 6.07) is 13.7. The number of hydrogen-bond acceptors (Lipinski definition) is 2. The zero-order chi connectivity index (χ0) is 13.0. The van der Waals surface area contributed by atoms with Crippen molar-refractivity contribution in [2.45, 2.75) is 10.2 Å². The zero-order valence-corrected chi connectivity index (χ0v) is 13.0. The van der Waals surface area contributed by atoms with E-state index < -0.39 is 0 Å². The monoisotopic (exact) mass is 342 g/mol. The second-order valence-corrected chi connectivity index (χ2v) is 5.51. The molecule has 0 N–H and O–H groups in total. The van der Waals surface area contributed by atoms with E-state index in [1.165, 1.54) is 4.90 Å². The van der Waals surface area contributed by atoms with Gasteiger partial charge in [0.2, 0.25) is 0 Å². The average molecular weight is 344 g/mol. The Morgan fingerprint density at radius 1 is 1.11 bits per heavy atom. The summed E-state index contributed by atoms with van der Waals surface area (Å²) >= 11 is 11.2. The van der Waals surface area contributed by atoms with E-state index in [0.29, 0.717) is 5.02 Å². The predicted octanol–water partition coefficient (Wildman–Crippen LogP) is 5.75. The minimum absolute atomic E-state index is 0.713. The van der Waals surface area contributed by atoms with Crippen LogP contribution < -0.4 is 4.74 Å². The summed E-state index contributed by atoms with van der Waals surface area (Å²) in [5, 5.41) is 1.46. The summed E-state index contributed by atoms with van der Waals surface area (Å²) in [6.07, 6.45) is 2.05. The van der Waals surface area contributed by atoms with Crippen molar-refractivity contribution in [1.29, 1.82) is 0 Å². The van der Waals surface area contributed by atoms with Gasteiger partial charge in [-0.2, -0.15) is 0 Å². The Hall–Kier alpha value is -0.640. The van der Waals surface area contributed by atoms with E-state index in [1.807, 2.05) is 42.5 Å². The number of ether oxygens (including phenoxy) is 1. The SMILES string of the molecule is CSc1ccc(Oc2ccc(CBr)c(Cl)c2)cc1. The first-order valence-corrected chi connectivity index (χ1v) is 8.11. The van der Waals surface area contributed by atoms with Crippen LogP contribution >= 0.6 is 39.3 Å². The summed E-state index contributed by atoms with van der Waals surface area (Å²) in [4.78, 5) is 1.22. The first kappa shape index (κ1) is 13.8. The highest BCUT2D eigenvalue weighted by Crippen LogP contribution is 2.28. The third-order valence-corrected chi connectivity index (χ3v) is 4.16. The van der Waals surface area contributed by atoms with E-state index >= 15 is 0 Å². The molecule has 0 unspecified atom stereocenters. The molecule has 4 heteroatoms. The minimum Gasteiger partial charge on any atom is -0.457 e. The molecule has 0 spiro atoms. The summed E-state index contributed by atoms with van der Waals surface area (Å²) in [6.45, 7) is 0. The van der Waals surface area contributed by atoms with E-state index in [4.69, 9.17) is 16.3 Å². The second-order valence-electron chi connectivity index (χ2n) is 3.66. The fraction of sp³-hybridized carbons (Fsp3) is 0.143. The van der Waals surface area contributed by atoms with Crippen LogP contribution in [0.4, 0.5) is 0 Å². The van der Waals surface area contributed by atoms with Crippen molar-refractivity contribution in [2.75, 3.05) is 6.26 Å². The molecule has 0 atom stereocenters. The van der Waals surface area contributed by atoms with Crippen LogP contribution in [0.2, 0.25) is 5.02 Å². The molecule has 18 heavy (non-hydrogen) atoms. The van der Waals surface area contributed by atoms with Crippen LogP contribution in [0.1, 0.15) is 5.56 Å². The maximum atomic E-state index is 6.13. The Labute approximate surface area is 125 Å². The third kappa shape index (κ3) is 3.44. The van der Waals surface area contributed by atoms with E-state index in [2.05, 4.69) is 22.2 Å². The number of alkyl halides is 1. The van der Waals surface area contributed by atoms with Gasteiger partial charge in [-0.1, -0.05) is 33.6 Å². The van der Waals surface area contributed by atoms with Gasteiger partial charge in [0, 0.05) is 15.2 Å². The molecule has 2 aromatic rings. The molecule has 0 heterocycles. The lowest BCUT2D eigenvalue weighted by Gasteiger charge is -2.08. The lowest BCUT2D eigenvalue weighted by atomic mass is 10.2. The van der Waals surface area contributed by atoms with Crippen LogP contribution in [-0.4, -0.2) is 6.26 Å². The van der Waals surface area contributed by atoms with Crippen molar-refractivity contribution in [2.24, 2.45) is 0 Å². The van der Waals surface area contributed by atoms with Gasteiger partial charge >= 0.3 is 0 Å². The van der Waals surface area contributed by atoms with Crippen molar-refractivity contribution < 1.29 is 4.74 Å². The van der Waals surface area contributed by atoms with Crippen LogP contribution in [0.3, 0.4) is 0 Å². The molecule has 0 aromatic heterocycles. The van der Waals surface area contributed by atoms with Gasteiger partial charge in [0.15, 0.2) is 0 Å². The lowest BCUT2D eigenvalue weighted by molar-refractivity contribution is 0.482. The highest BCUT2D eigenvalue weighted by Gasteiger charge is 2.03. The molecule has 2 rings (SSSR count). The van der Waals surface area contributed by atoms with Gasteiger partial charge in [0.05, 0.1) is 0 Å². The Morgan fingerprint density at radius 2 is 1.78 bits per heavy atom. The summed E-state index contributed by atoms with van der Waals surface area (Å²) < 4.78 is 5.75. The molecule has 0 radical (unpaired) electrons. The van der Waals surface area contributed by atoms with Gasteiger partial charge in [-0.15, -0.1) is 11.8 Å². The van der Waals surface area contributed by atoms with Crippen molar-refractivity contribution in [1.82, 2.24) is 0 Å². The maximum Gasteiger partial charge on any atom is 0.128 e. The van der Waals surface area contributed by atoms with E-state index in [-0.39, 0.29) is 0 Å². The standard InChI is InChI=1S/C14H12BrClOS/c1-18-13-6-4-11(5-7-13)17-12-3-2-10(9-15)14(16)8-12/h2-8H,9H2,1H3. The number of benzene rings is 2. The van der Waals surface area contributed by atoms with Gasteiger partial charge < -0.3 is 4.74 Å². The lowest BCUT2D eigenvalue weighted by Crippen LogP contribution is -1.86. The number of halogens is 2. The van der Waals surface area contributed by atoms with Crippen LogP contribution in [-0.2, 0) is 5.33 Å². The number of rotatable bonds is 4. The molecule has 0 aliphatic carbocycles. The van der Waals surface area contributed by atoms with E-state index in [1.54, 1.807) is 11.8 Å². The summed E-state index contributed by atoms with van der Waals surface area (Å²) in [5.41, 5.74) is 1.06. The Kier molecular flexibility index (Phi) is 4.98. The maximum absolute atomic E-state index is 6.13. The van der Waals surface area contributed by atoms with Crippen molar-refractivity contribution in [3.63, 3.8) is 0 Å². The molecule has 2 aromatic carbocycles. The topological polar surface area (TPSA) is 9.23 Å². The molecule has 0 saturated carbocycles. The molecule has 0 amide bonds. The average Bonchev–Trinajstić information content (AvgIpc) is 2.40. The number of thioether (sulfide) groups is 1. The Bertz CT molecular complexity index is 528. The molecule has 0 aliphatic rings. The van der Waals surface area contributed by atoms with Crippen molar-refractivity contribution in [3.05, 3.63) is 53.1 Å². The minimum atomic E-state index is 0.713. The zero-order valence-electron chi connectivity index (χ0n) is 9.82. The van der Waals surface area contributed by atoms with Gasteiger partial charge in [0.1, 0.15) is 11.5 Å². The second kappa shape index (κ2) is 6.50. The van der Waals surface area contributed by atoms with Gasteiger partial charge in [-0.05, 0) is 48.2 Å². The summed E-state index contributed by atoms with van der Waals surface area (Å²) in [7, 11) is 0. The fourth-order valence-corrected chi connectivity index (χ4v) is 2.78. The Morgan fingerprint density at radius 3 is 2.33 bits per heavy atom. The molecular weight excluding hydrogens is 332 g/mol. The first-order chi connectivity index (χ1) is 8.72. The quantitative estimate of drug-likeness (QED) is 0.516. The predicted molar refractivity (Wildman–Crippen MR) is 82.4 cm³/mol. The summed E-state index contributed by atoms with van der Waals surface area (Å²) in [5.74, 6) is 1.57. The highest BCUT2D eigenvalue weighted by atomic mass is 79.9. The smallest absolute Gasteiger partial charge is 0.128 e.